The van der Waals surface area contributed by atoms with Crippen LogP contribution in [0.2, 0.25) is 0 Å². The Hall–Kier alpha value is -1.86. The second kappa shape index (κ2) is 7.17. The molecule has 3 saturated heterocycles. The van der Waals surface area contributed by atoms with Crippen LogP contribution in [0, 0.1) is 0 Å². The number of hydrogen-bond donors (Lipinski definition) is 1. The summed E-state index contributed by atoms with van der Waals surface area (Å²) >= 11 is 1.47. The number of carbonyl (C=O) groups is 1. The standard InChI is InChI=1S/C19H18O5S/c20-14-15(22-11-12-7-3-1-4-8-12)17-19(24-16(14)18(21)23-17)25-13-9-5-2-6-10-13/h1-10,14-17,19-20H,11H2/t14-,15-,16-,17-,19-/m1/s1. The fourth-order valence-corrected chi connectivity index (χ4v) is 4.13. The third-order valence-electron chi connectivity index (χ3n) is 4.28. The van der Waals surface area contributed by atoms with E-state index in [1.165, 1.54) is 11.8 Å². The van der Waals surface area contributed by atoms with Crippen LogP contribution < -0.4 is 0 Å². The minimum absolute atomic E-state index is 0.339. The smallest absolute Gasteiger partial charge is 0.338 e. The highest BCUT2D eigenvalue weighted by molar-refractivity contribution is 7.99. The van der Waals surface area contributed by atoms with Crippen LogP contribution in [0.15, 0.2) is 65.6 Å². The van der Waals surface area contributed by atoms with Crippen molar-refractivity contribution in [3.63, 3.8) is 0 Å². The molecule has 1 N–H and O–H groups in total. The Bertz CT molecular complexity index is 723. The third-order valence-corrected chi connectivity index (χ3v) is 5.44. The second-order valence-corrected chi connectivity index (χ2v) is 7.18. The van der Waals surface area contributed by atoms with Crippen molar-refractivity contribution in [1.82, 2.24) is 0 Å². The maximum atomic E-state index is 11.9. The summed E-state index contributed by atoms with van der Waals surface area (Å²) in [6, 6.07) is 19.4. The molecular weight excluding hydrogens is 340 g/mol. The predicted molar refractivity (Wildman–Crippen MR) is 91.9 cm³/mol. The topological polar surface area (TPSA) is 65.0 Å². The number of hydrogen-bond acceptors (Lipinski definition) is 6. The quantitative estimate of drug-likeness (QED) is 0.828. The summed E-state index contributed by atoms with van der Waals surface area (Å²) in [6.07, 6.45) is -3.30. The van der Waals surface area contributed by atoms with E-state index in [-0.39, 0.29) is 0 Å². The van der Waals surface area contributed by atoms with E-state index in [9.17, 15) is 9.90 Å². The minimum atomic E-state index is -1.03. The molecule has 0 aliphatic carbocycles. The maximum absolute atomic E-state index is 11.9. The Morgan fingerprint density at radius 3 is 2.44 bits per heavy atom. The molecule has 130 valence electrons. The number of esters is 1. The molecule has 25 heavy (non-hydrogen) atoms. The first-order valence-corrected chi connectivity index (χ1v) is 9.01. The minimum Gasteiger partial charge on any atom is -0.454 e. The number of rotatable bonds is 5. The Morgan fingerprint density at radius 2 is 1.72 bits per heavy atom. The summed E-state index contributed by atoms with van der Waals surface area (Å²) < 4.78 is 17.1. The average molecular weight is 358 g/mol. The first kappa shape index (κ1) is 16.6. The maximum Gasteiger partial charge on any atom is 0.338 e. The summed E-state index contributed by atoms with van der Waals surface area (Å²) in [5, 5.41) is 10.4. The fourth-order valence-electron chi connectivity index (χ4n) is 3.03. The summed E-state index contributed by atoms with van der Waals surface area (Å²) in [5.41, 5.74) is 0.588. The molecule has 0 saturated carbocycles. The molecule has 2 bridgehead atoms. The van der Waals surface area contributed by atoms with Gasteiger partial charge in [-0.25, -0.2) is 4.79 Å². The molecule has 0 unspecified atom stereocenters. The molecule has 5 nitrogen and oxygen atoms in total. The van der Waals surface area contributed by atoms with Gasteiger partial charge in [0, 0.05) is 4.90 Å². The molecule has 2 aromatic rings. The molecule has 0 aromatic heterocycles. The molecule has 6 heteroatoms. The van der Waals surface area contributed by atoms with E-state index in [0.29, 0.717) is 6.61 Å². The molecule has 5 atom stereocenters. The van der Waals surface area contributed by atoms with Crippen molar-refractivity contribution in [2.24, 2.45) is 0 Å². The first-order valence-electron chi connectivity index (χ1n) is 8.13. The second-order valence-electron chi connectivity index (χ2n) is 6.01. The van der Waals surface area contributed by atoms with Gasteiger partial charge in [0.15, 0.2) is 12.2 Å². The van der Waals surface area contributed by atoms with Crippen LogP contribution in [0.1, 0.15) is 5.56 Å². The van der Waals surface area contributed by atoms with E-state index >= 15 is 0 Å². The largest absolute Gasteiger partial charge is 0.454 e. The summed E-state index contributed by atoms with van der Waals surface area (Å²) in [4.78, 5) is 12.9. The van der Waals surface area contributed by atoms with Gasteiger partial charge in [-0.3, -0.25) is 0 Å². The summed E-state index contributed by atoms with van der Waals surface area (Å²) in [7, 11) is 0. The molecule has 3 fully saturated rings. The lowest BCUT2D eigenvalue weighted by molar-refractivity contribution is -0.268. The van der Waals surface area contributed by atoms with Crippen molar-refractivity contribution in [2.45, 2.75) is 41.4 Å². The van der Waals surface area contributed by atoms with Crippen LogP contribution in [0.5, 0.6) is 0 Å². The molecule has 0 amide bonds. The molecule has 5 rings (SSSR count). The van der Waals surface area contributed by atoms with Gasteiger partial charge in [-0.1, -0.05) is 60.3 Å². The Morgan fingerprint density at radius 1 is 1.04 bits per heavy atom. The van der Waals surface area contributed by atoms with Crippen LogP contribution in [-0.4, -0.2) is 40.9 Å². The molecule has 0 radical (unpaired) electrons. The van der Waals surface area contributed by atoms with Gasteiger partial charge in [-0.15, -0.1) is 0 Å². The van der Waals surface area contributed by atoms with Gasteiger partial charge in [0.2, 0.25) is 0 Å². The van der Waals surface area contributed by atoms with E-state index < -0.39 is 35.8 Å². The van der Waals surface area contributed by atoms with Gasteiger partial charge < -0.3 is 19.3 Å². The van der Waals surface area contributed by atoms with Gasteiger partial charge in [0.05, 0.1) is 6.61 Å². The van der Waals surface area contributed by atoms with Crippen molar-refractivity contribution < 1.29 is 24.1 Å². The van der Waals surface area contributed by atoms with Crippen LogP contribution in [0.3, 0.4) is 0 Å². The van der Waals surface area contributed by atoms with Crippen LogP contribution in [0.25, 0.3) is 0 Å². The number of aliphatic hydroxyl groups is 1. The van der Waals surface area contributed by atoms with Crippen LogP contribution in [0.4, 0.5) is 0 Å². The van der Waals surface area contributed by atoms with E-state index in [0.717, 1.165) is 10.5 Å². The Balaban J connectivity index is 1.49. The number of thioether (sulfide) groups is 1. The highest BCUT2D eigenvalue weighted by Crippen LogP contribution is 2.40. The van der Waals surface area contributed by atoms with Gasteiger partial charge in [0.25, 0.3) is 0 Å². The number of ether oxygens (including phenoxy) is 3. The fraction of sp³-hybridized carbons (Fsp3) is 0.316. The van der Waals surface area contributed by atoms with E-state index in [4.69, 9.17) is 14.2 Å². The van der Waals surface area contributed by atoms with Crippen molar-refractivity contribution in [3.05, 3.63) is 66.2 Å². The third kappa shape index (κ3) is 3.43. The lowest BCUT2D eigenvalue weighted by Gasteiger charge is -2.47. The summed E-state index contributed by atoms with van der Waals surface area (Å²) in [6.45, 7) is 0.339. The van der Waals surface area contributed by atoms with Crippen LogP contribution in [-0.2, 0) is 25.6 Å². The lowest BCUT2D eigenvalue weighted by Crippen LogP contribution is -2.66. The molecule has 3 aliphatic heterocycles. The van der Waals surface area contributed by atoms with Crippen molar-refractivity contribution in [1.29, 1.82) is 0 Å². The zero-order chi connectivity index (χ0) is 17.2. The van der Waals surface area contributed by atoms with Gasteiger partial charge >= 0.3 is 5.97 Å². The average Bonchev–Trinajstić information content (AvgIpc) is 2.64. The Kier molecular flexibility index (Phi) is 4.76. The normalized spacial score (nSPS) is 30.9. The molecule has 2 aromatic carbocycles. The summed E-state index contributed by atoms with van der Waals surface area (Å²) in [5.74, 6) is -0.526. The van der Waals surface area contributed by atoms with Gasteiger partial charge in [-0.2, -0.15) is 0 Å². The van der Waals surface area contributed by atoms with Gasteiger partial charge in [-0.05, 0) is 17.7 Å². The zero-order valence-corrected chi connectivity index (χ0v) is 14.2. The molecule has 3 aliphatic rings. The number of benzene rings is 2. The number of fused-ring (bicyclic) bond motifs is 3. The predicted octanol–water partition coefficient (Wildman–Crippen LogP) is 2.38. The highest BCUT2D eigenvalue weighted by Gasteiger charge is 2.56. The van der Waals surface area contributed by atoms with Crippen LogP contribution >= 0.6 is 11.8 Å². The van der Waals surface area contributed by atoms with Gasteiger partial charge in [0.1, 0.15) is 17.6 Å². The molecule has 3 heterocycles. The number of carbonyl (C=O) groups excluding carboxylic acids is 1. The van der Waals surface area contributed by atoms with Crippen molar-refractivity contribution >= 4 is 17.7 Å². The van der Waals surface area contributed by atoms with E-state index in [2.05, 4.69) is 0 Å². The lowest BCUT2D eigenvalue weighted by atomic mass is 9.96. The zero-order valence-electron chi connectivity index (χ0n) is 13.4. The number of aliphatic hydroxyl groups excluding tert-OH is 1. The van der Waals surface area contributed by atoms with E-state index in [1.54, 1.807) is 0 Å². The monoisotopic (exact) mass is 358 g/mol. The van der Waals surface area contributed by atoms with Crippen molar-refractivity contribution in [3.8, 4) is 0 Å². The van der Waals surface area contributed by atoms with E-state index in [1.807, 2.05) is 60.7 Å². The molecule has 0 spiro atoms. The first-order chi connectivity index (χ1) is 12.2. The van der Waals surface area contributed by atoms with Crippen molar-refractivity contribution in [2.75, 3.05) is 0 Å². The Labute approximate surface area is 149 Å². The SMILES string of the molecule is O=C1O[C@@H]2[C@H](OCc3ccccc3)[C@@H](O)[C@H]1O[C@@H]2Sc1ccccc1. The molecular formula is C19H18O5S. The highest BCUT2D eigenvalue weighted by atomic mass is 32.2.